The predicted molar refractivity (Wildman–Crippen MR) is 70.5 cm³/mol. The van der Waals surface area contributed by atoms with E-state index in [1.165, 1.54) is 0 Å². The number of carbonyl (C=O) groups is 1. The lowest BCUT2D eigenvalue weighted by Gasteiger charge is -2.33. The molecule has 0 saturated carbocycles. The van der Waals surface area contributed by atoms with Crippen molar-refractivity contribution in [2.24, 2.45) is 5.92 Å². The number of hydrogen-bond donors (Lipinski definition) is 2. The molecule has 1 atom stereocenters. The van der Waals surface area contributed by atoms with Crippen molar-refractivity contribution in [2.75, 3.05) is 26.3 Å². The number of aliphatic hydroxyl groups excluding tert-OH is 1. The molecule has 1 rings (SSSR count). The van der Waals surface area contributed by atoms with Crippen molar-refractivity contribution < 1.29 is 14.6 Å². The SMILES string of the molecule is CC(C)COC(=O)N1CCC(NC(C)CO)CC1. The van der Waals surface area contributed by atoms with Crippen LogP contribution in [0, 0.1) is 5.92 Å². The Morgan fingerprint density at radius 3 is 2.50 bits per heavy atom. The summed E-state index contributed by atoms with van der Waals surface area (Å²) in [6.07, 6.45) is 1.64. The second-order valence-electron chi connectivity index (χ2n) is 5.48. The van der Waals surface area contributed by atoms with Gasteiger partial charge in [0.05, 0.1) is 13.2 Å². The number of nitrogens with one attached hydrogen (secondary N) is 1. The highest BCUT2D eigenvalue weighted by Gasteiger charge is 2.24. The minimum absolute atomic E-state index is 0.120. The van der Waals surface area contributed by atoms with Gasteiger partial charge >= 0.3 is 6.09 Å². The van der Waals surface area contributed by atoms with E-state index in [4.69, 9.17) is 9.84 Å². The molecule has 1 aliphatic heterocycles. The molecular weight excluding hydrogens is 232 g/mol. The van der Waals surface area contributed by atoms with Crippen LogP contribution in [0.25, 0.3) is 0 Å². The molecule has 0 aromatic rings. The Morgan fingerprint density at radius 2 is 2.00 bits per heavy atom. The van der Waals surface area contributed by atoms with E-state index in [2.05, 4.69) is 5.32 Å². The summed E-state index contributed by atoms with van der Waals surface area (Å²) in [4.78, 5) is 13.5. The summed E-state index contributed by atoms with van der Waals surface area (Å²) in [5.74, 6) is 0.374. The van der Waals surface area contributed by atoms with E-state index in [0.717, 1.165) is 25.9 Å². The van der Waals surface area contributed by atoms with Crippen LogP contribution in [0.3, 0.4) is 0 Å². The number of aliphatic hydroxyl groups is 1. The molecule has 0 aromatic heterocycles. The van der Waals surface area contributed by atoms with Gasteiger partial charge in [-0.2, -0.15) is 0 Å². The van der Waals surface area contributed by atoms with E-state index in [-0.39, 0.29) is 18.7 Å². The maximum Gasteiger partial charge on any atom is 0.409 e. The van der Waals surface area contributed by atoms with Gasteiger partial charge in [0.25, 0.3) is 0 Å². The Balaban J connectivity index is 2.24. The zero-order valence-corrected chi connectivity index (χ0v) is 11.7. The number of piperidine rings is 1. The normalized spacial score (nSPS) is 19.1. The highest BCUT2D eigenvalue weighted by atomic mass is 16.6. The first-order valence-corrected chi connectivity index (χ1v) is 6.81. The number of hydrogen-bond acceptors (Lipinski definition) is 4. The molecule has 5 heteroatoms. The van der Waals surface area contributed by atoms with Crippen molar-refractivity contribution in [2.45, 2.75) is 45.7 Å². The molecule has 1 fully saturated rings. The van der Waals surface area contributed by atoms with Crippen LogP contribution in [0.15, 0.2) is 0 Å². The number of ether oxygens (including phenoxy) is 1. The van der Waals surface area contributed by atoms with Gasteiger partial charge in [0, 0.05) is 25.2 Å². The molecule has 1 amide bonds. The van der Waals surface area contributed by atoms with Gasteiger partial charge < -0.3 is 20.1 Å². The van der Waals surface area contributed by atoms with E-state index in [9.17, 15) is 4.79 Å². The average Bonchev–Trinajstić information content (AvgIpc) is 2.36. The fourth-order valence-corrected chi connectivity index (χ4v) is 2.01. The molecule has 18 heavy (non-hydrogen) atoms. The van der Waals surface area contributed by atoms with E-state index in [1.807, 2.05) is 20.8 Å². The van der Waals surface area contributed by atoms with Crippen molar-refractivity contribution >= 4 is 6.09 Å². The number of rotatable bonds is 5. The third-order valence-corrected chi connectivity index (χ3v) is 3.09. The second kappa shape index (κ2) is 7.59. The molecule has 0 aromatic carbocycles. The van der Waals surface area contributed by atoms with Crippen LogP contribution in [0.2, 0.25) is 0 Å². The predicted octanol–water partition coefficient (Wildman–Crippen LogP) is 1.21. The summed E-state index contributed by atoms with van der Waals surface area (Å²) in [5.41, 5.74) is 0. The van der Waals surface area contributed by atoms with Gasteiger partial charge in [-0.05, 0) is 25.7 Å². The molecule has 0 aliphatic carbocycles. The Hall–Kier alpha value is -0.810. The van der Waals surface area contributed by atoms with Crippen molar-refractivity contribution in [3.05, 3.63) is 0 Å². The molecular formula is C13H26N2O3. The fraction of sp³-hybridized carbons (Fsp3) is 0.923. The van der Waals surface area contributed by atoms with Crippen molar-refractivity contribution in [3.8, 4) is 0 Å². The van der Waals surface area contributed by atoms with Crippen LogP contribution in [0.4, 0.5) is 4.79 Å². The van der Waals surface area contributed by atoms with Crippen LogP contribution < -0.4 is 5.32 Å². The summed E-state index contributed by atoms with van der Waals surface area (Å²) in [6.45, 7) is 8.11. The maximum atomic E-state index is 11.7. The van der Waals surface area contributed by atoms with Crippen LogP contribution in [-0.2, 0) is 4.74 Å². The van der Waals surface area contributed by atoms with E-state index in [0.29, 0.717) is 18.6 Å². The van der Waals surface area contributed by atoms with Crippen molar-refractivity contribution in [3.63, 3.8) is 0 Å². The van der Waals surface area contributed by atoms with Gasteiger partial charge in [-0.25, -0.2) is 4.79 Å². The van der Waals surface area contributed by atoms with Crippen molar-refractivity contribution in [1.29, 1.82) is 0 Å². The second-order valence-corrected chi connectivity index (χ2v) is 5.48. The molecule has 106 valence electrons. The molecule has 2 N–H and O–H groups in total. The number of carbonyl (C=O) groups excluding carboxylic acids is 1. The monoisotopic (exact) mass is 258 g/mol. The lowest BCUT2D eigenvalue weighted by atomic mass is 10.0. The number of likely N-dealkylation sites (tertiary alicyclic amines) is 1. The van der Waals surface area contributed by atoms with Crippen LogP contribution in [-0.4, -0.2) is 54.5 Å². The van der Waals surface area contributed by atoms with Gasteiger partial charge in [0.2, 0.25) is 0 Å². The zero-order chi connectivity index (χ0) is 13.5. The largest absolute Gasteiger partial charge is 0.449 e. The summed E-state index contributed by atoms with van der Waals surface area (Å²) in [7, 11) is 0. The molecule has 0 spiro atoms. The maximum absolute atomic E-state index is 11.7. The van der Waals surface area contributed by atoms with Gasteiger partial charge in [0.1, 0.15) is 0 Å². The number of amides is 1. The molecule has 1 unspecified atom stereocenters. The van der Waals surface area contributed by atoms with E-state index >= 15 is 0 Å². The zero-order valence-electron chi connectivity index (χ0n) is 11.7. The Morgan fingerprint density at radius 1 is 1.39 bits per heavy atom. The van der Waals surface area contributed by atoms with Crippen LogP contribution >= 0.6 is 0 Å². The highest BCUT2D eigenvalue weighted by Crippen LogP contribution is 2.12. The van der Waals surface area contributed by atoms with Crippen LogP contribution in [0.1, 0.15) is 33.6 Å². The first kappa shape index (κ1) is 15.2. The lowest BCUT2D eigenvalue weighted by Crippen LogP contribution is -2.48. The standard InChI is InChI=1S/C13H26N2O3/c1-10(2)9-18-13(17)15-6-4-12(5-7-15)14-11(3)8-16/h10-12,14,16H,4-9H2,1-3H3. The van der Waals surface area contributed by atoms with E-state index in [1.54, 1.807) is 4.90 Å². The first-order chi connectivity index (χ1) is 8.52. The molecule has 0 bridgehead atoms. The fourth-order valence-electron chi connectivity index (χ4n) is 2.01. The lowest BCUT2D eigenvalue weighted by molar-refractivity contribution is 0.0804. The highest BCUT2D eigenvalue weighted by molar-refractivity contribution is 5.67. The van der Waals surface area contributed by atoms with Crippen LogP contribution in [0.5, 0.6) is 0 Å². The topological polar surface area (TPSA) is 61.8 Å². The van der Waals surface area contributed by atoms with Gasteiger partial charge in [-0.15, -0.1) is 0 Å². The Bertz CT molecular complexity index is 251. The molecule has 5 nitrogen and oxygen atoms in total. The molecule has 1 aliphatic rings. The van der Waals surface area contributed by atoms with E-state index < -0.39 is 0 Å². The third kappa shape index (κ3) is 5.23. The molecule has 1 saturated heterocycles. The average molecular weight is 258 g/mol. The van der Waals surface area contributed by atoms with Gasteiger partial charge in [-0.1, -0.05) is 13.8 Å². The molecule has 0 radical (unpaired) electrons. The summed E-state index contributed by atoms with van der Waals surface area (Å²) < 4.78 is 5.21. The minimum Gasteiger partial charge on any atom is -0.449 e. The number of nitrogens with zero attached hydrogens (tertiary/aromatic N) is 1. The summed E-state index contributed by atoms with van der Waals surface area (Å²) in [5, 5.41) is 12.3. The smallest absolute Gasteiger partial charge is 0.409 e. The third-order valence-electron chi connectivity index (χ3n) is 3.09. The van der Waals surface area contributed by atoms with Crippen molar-refractivity contribution in [1.82, 2.24) is 10.2 Å². The first-order valence-electron chi connectivity index (χ1n) is 6.81. The Kier molecular flexibility index (Phi) is 6.43. The summed E-state index contributed by atoms with van der Waals surface area (Å²) >= 11 is 0. The minimum atomic E-state index is -0.197. The van der Waals surface area contributed by atoms with Gasteiger partial charge in [-0.3, -0.25) is 0 Å². The summed E-state index contributed by atoms with van der Waals surface area (Å²) in [6, 6.07) is 0.510. The van der Waals surface area contributed by atoms with Gasteiger partial charge in [0.15, 0.2) is 0 Å². The Labute approximate surface area is 109 Å². The quantitative estimate of drug-likeness (QED) is 0.778. The molecule has 1 heterocycles.